The number of aromatic nitrogens is 2. The Labute approximate surface area is 179 Å². The molecule has 1 amide bonds. The van der Waals surface area contributed by atoms with Gasteiger partial charge in [0.1, 0.15) is 10.9 Å². The topological polar surface area (TPSA) is 76.3 Å². The Balaban J connectivity index is 1.48. The minimum atomic E-state index is -0.706. The van der Waals surface area contributed by atoms with Crippen LogP contribution in [0.5, 0.6) is 0 Å². The Bertz CT molecular complexity index is 1180. The van der Waals surface area contributed by atoms with Crippen LogP contribution in [-0.4, -0.2) is 21.7 Å². The molecule has 4 rings (SSSR count). The van der Waals surface area contributed by atoms with E-state index in [9.17, 15) is 9.59 Å². The molecular formula is C23H24N4O2S. The molecule has 2 atom stereocenters. The molecule has 1 aliphatic rings. The molecule has 0 saturated heterocycles. The number of hydrazone groups is 1. The van der Waals surface area contributed by atoms with Crippen LogP contribution >= 0.6 is 11.3 Å². The second-order valence-electron chi connectivity index (χ2n) is 7.69. The van der Waals surface area contributed by atoms with Gasteiger partial charge in [0.2, 0.25) is 0 Å². The first kappa shape index (κ1) is 20.2. The van der Waals surface area contributed by atoms with Crippen molar-refractivity contribution in [3.8, 4) is 0 Å². The van der Waals surface area contributed by atoms with Crippen LogP contribution < -0.4 is 11.0 Å². The molecular weight excluding hydrogens is 396 g/mol. The maximum absolute atomic E-state index is 13.1. The number of carbonyl (C=O) groups is 1. The summed E-state index contributed by atoms with van der Waals surface area (Å²) in [5.74, 6) is 0.270. The summed E-state index contributed by atoms with van der Waals surface area (Å²) in [4.78, 5) is 32.1. The van der Waals surface area contributed by atoms with Crippen LogP contribution in [0.4, 0.5) is 0 Å². The van der Waals surface area contributed by atoms with Crippen molar-refractivity contribution >= 4 is 39.8 Å². The summed E-state index contributed by atoms with van der Waals surface area (Å²) in [6, 6.07) is 9.10. The maximum atomic E-state index is 13.1. The third-order valence-electron chi connectivity index (χ3n) is 5.46. The quantitative estimate of drug-likeness (QED) is 0.501. The number of nitrogens with one attached hydrogen (secondary N) is 1. The molecule has 1 aromatic carbocycles. The number of carbonyl (C=O) groups excluding carboxylic acids is 1. The Morgan fingerprint density at radius 2 is 2.17 bits per heavy atom. The van der Waals surface area contributed by atoms with Gasteiger partial charge in [-0.2, -0.15) is 5.10 Å². The molecule has 0 unspecified atom stereocenters. The van der Waals surface area contributed by atoms with Gasteiger partial charge in [-0.3, -0.25) is 14.2 Å². The van der Waals surface area contributed by atoms with Crippen LogP contribution in [0.3, 0.4) is 0 Å². The summed E-state index contributed by atoms with van der Waals surface area (Å²) in [6.45, 7) is 3.92. The van der Waals surface area contributed by atoms with E-state index in [2.05, 4.69) is 22.4 Å². The molecule has 1 N–H and O–H groups in total. The molecule has 7 heteroatoms. The zero-order valence-corrected chi connectivity index (χ0v) is 17.9. The number of benzene rings is 1. The van der Waals surface area contributed by atoms with E-state index in [0.717, 1.165) is 35.2 Å². The molecule has 1 aliphatic carbocycles. The van der Waals surface area contributed by atoms with Crippen molar-refractivity contribution in [2.45, 2.75) is 39.2 Å². The largest absolute Gasteiger partial charge is 0.286 e. The molecule has 0 radical (unpaired) electrons. The van der Waals surface area contributed by atoms with Gasteiger partial charge >= 0.3 is 0 Å². The van der Waals surface area contributed by atoms with Crippen LogP contribution in [0.1, 0.15) is 42.3 Å². The number of hydrogen-bond donors (Lipinski definition) is 1. The number of nitrogens with zero attached hydrogens (tertiary/aromatic N) is 3. The van der Waals surface area contributed by atoms with Crippen LogP contribution in [-0.2, 0) is 17.6 Å². The fourth-order valence-electron chi connectivity index (χ4n) is 3.70. The smallest absolute Gasteiger partial charge is 0.263 e. The van der Waals surface area contributed by atoms with Crippen molar-refractivity contribution in [1.29, 1.82) is 0 Å². The summed E-state index contributed by atoms with van der Waals surface area (Å²) in [5, 5.41) is 4.63. The molecule has 30 heavy (non-hydrogen) atoms. The molecule has 0 saturated carbocycles. The van der Waals surface area contributed by atoms with Gasteiger partial charge in [-0.15, -0.1) is 11.3 Å². The molecule has 0 aliphatic heterocycles. The van der Waals surface area contributed by atoms with E-state index in [1.807, 2.05) is 36.4 Å². The van der Waals surface area contributed by atoms with Gasteiger partial charge in [-0.1, -0.05) is 43.3 Å². The highest BCUT2D eigenvalue weighted by atomic mass is 32.1. The van der Waals surface area contributed by atoms with Gasteiger partial charge in [0.05, 0.1) is 11.7 Å². The summed E-state index contributed by atoms with van der Waals surface area (Å²) in [7, 11) is 0. The Morgan fingerprint density at radius 1 is 1.37 bits per heavy atom. The van der Waals surface area contributed by atoms with Gasteiger partial charge in [0, 0.05) is 11.1 Å². The Hall–Kier alpha value is -3.06. The van der Waals surface area contributed by atoms with Crippen LogP contribution in [0.15, 0.2) is 52.6 Å². The monoisotopic (exact) mass is 420 g/mol. The number of rotatable bonds is 5. The summed E-state index contributed by atoms with van der Waals surface area (Å²) >= 11 is 1.61. The number of hydrogen-bond acceptors (Lipinski definition) is 5. The average Bonchev–Trinajstić information content (AvgIpc) is 3.12. The maximum Gasteiger partial charge on any atom is 0.263 e. The third-order valence-corrected chi connectivity index (χ3v) is 6.62. The van der Waals surface area contributed by atoms with Crippen molar-refractivity contribution in [2.24, 2.45) is 11.0 Å². The van der Waals surface area contributed by atoms with E-state index in [1.165, 1.54) is 22.0 Å². The summed E-state index contributed by atoms with van der Waals surface area (Å²) in [5.41, 5.74) is 4.51. The fraction of sp³-hybridized carbons (Fsp3) is 0.304. The molecule has 2 heterocycles. The highest BCUT2D eigenvalue weighted by molar-refractivity contribution is 7.18. The lowest BCUT2D eigenvalue weighted by atomic mass is 9.89. The highest BCUT2D eigenvalue weighted by Crippen LogP contribution is 2.35. The Kier molecular flexibility index (Phi) is 5.90. The van der Waals surface area contributed by atoms with Gasteiger partial charge in [-0.25, -0.2) is 10.4 Å². The lowest BCUT2D eigenvalue weighted by Crippen LogP contribution is -2.34. The van der Waals surface area contributed by atoms with E-state index >= 15 is 0 Å². The summed E-state index contributed by atoms with van der Waals surface area (Å²) in [6.07, 6.45) is 9.60. The van der Waals surface area contributed by atoms with Crippen LogP contribution in [0, 0.1) is 5.92 Å². The van der Waals surface area contributed by atoms with Crippen LogP contribution in [0.2, 0.25) is 0 Å². The lowest BCUT2D eigenvalue weighted by molar-refractivity contribution is -0.123. The number of fused-ring (bicyclic) bond motifs is 3. The number of thiophene rings is 1. The molecule has 0 fully saturated rings. The predicted molar refractivity (Wildman–Crippen MR) is 122 cm³/mol. The first-order chi connectivity index (χ1) is 14.5. The minimum absolute atomic E-state index is 0.150. The standard InChI is InChI=1S/C23H24N4O2S/c1-15-10-11-18-19(13-15)30-22-20(18)23(29)27(14-24-22)16(2)21(28)26-25-12-6-9-17-7-4-3-5-8-17/h3-9,12,14-16H,10-11,13H2,1-2H3,(H,26,28)/t15-,16+/m1/s1. The van der Waals surface area contributed by atoms with Gasteiger partial charge in [0.25, 0.3) is 11.5 Å². The molecule has 2 aromatic heterocycles. The number of amides is 1. The number of aryl methyl sites for hydroxylation is 1. The van der Waals surface area contributed by atoms with Gasteiger partial charge in [0.15, 0.2) is 0 Å². The Morgan fingerprint density at radius 3 is 2.97 bits per heavy atom. The van der Waals surface area contributed by atoms with E-state index in [4.69, 9.17) is 0 Å². The lowest BCUT2D eigenvalue weighted by Gasteiger charge is -2.18. The first-order valence-electron chi connectivity index (χ1n) is 10.1. The van der Waals surface area contributed by atoms with E-state index in [0.29, 0.717) is 11.3 Å². The van der Waals surface area contributed by atoms with Crippen molar-refractivity contribution in [3.05, 3.63) is 69.1 Å². The van der Waals surface area contributed by atoms with Crippen LogP contribution in [0.25, 0.3) is 16.3 Å². The van der Waals surface area contributed by atoms with E-state index < -0.39 is 6.04 Å². The fourth-order valence-corrected chi connectivity index (χ4v) is 5.04. The molecule has 0 bridgehead atoms. The van der Waals surface area contributed by atoms with E-state index in [-0.39, 0.29) is 11.5 Å². The first-order valence-corrected chi connectivity index (χ1v) is 10.9. The zero-order chi connectivity index (χ0) is 21.1. The van der Waals surface area contributed by atoms with Gasteiger partial charge in [-0.05, 0) is 49.3 Å². The predicted octanol–water partition coefficient (Wildman–Crippen LogP) is 3.96. The van der Waals surface area contributed by atoms with Crippen molar-refractivity contribution in [3.63, 3.8) is 0 Å². The SMILES string of the molecule is C[C@@H]1CCc2c(sc3ncn([C@@H](C)C(=O)NN=CC=Cc4ccccc4)c(=O)c23)C1. The second-order valence-corrected chi connectivity index (χ2v) is 8.77. The van der Waals surface area contributed by atoms with Crippen molar-refractivity contribution in [2.75, 3.05) is 0 Å². The van der Waals surface area contributed by atoms with Crippen molar-refractivity contribution in [1.82, 2.24) is 15.0 Å². The summed E-state index contributed by atoms with van der Waals surface area (Å²) < 4.78 is 1.40. The molecule has 0 spiro atoms. The minimum Gasteiger partial charge on any atom is -0.286 e. The highest BCUT2D eigenvalue weighted by Gasteiger charge is 2.25. The number of allylic oxidation sites excluding steroid dienone is 1. The second kappa shape index (κ2) is 8.75. The average molecular weight is 421 g/mol. The third kappa shape index (κ3) is 4.11. The molecule has 3 aromatic rings. The van der Waals surface area contributed by atoms with E-state index in [1.54, 1.807) is 24.3 Å². The molecule has 154 valence electrons. The van der Waals surface area contributed by atoms with Gasteiger partial charge < -0.3 is 0 Å². The normalized spacial score (nSPS) is 17.5. The molecule has 6 nitrogen and oxygen atoms in total. The zero-order valence-electron chi connectivity index (χ0n) is 17.0. The van der Waals surface area contributed by atoms with Crippen molar-refractivity contribution < 1.29 is 4.79 Å².